The van der Waals surface area contributed by atoms with Crippen LogP contribution >= 0.6 is 15.9 Å². The summed E-state index contributed by atoms with van der Waals surface area (Å²) in [5.41, 5.74) is 6.49. The molecule has 0 spiro atoms. The number of anilines is 1. The van der Waals surface area contributed by atoms with Gasteiger partial charge in [0.2, 0.25) is 0 Å². The summed E-state index contributed by atoms with van der Waals surface area (Å²) in [5, 5.41) is 0. The third-order valence-corrected chi connectivity index (χ3v) is 5.30. The van der Waals surface area contributed by atoms with E-state index < -0.39 is 10.8 Å². The molecule has 1 unspecified atom stereocenters. The molecular formula is C13H20BrN3OS. The first-order chi connectivity index (χ1) is 9.06. The second-order valence-electron chi connectivity index (χ2n) is 4.88. The highest BCUT2D eigenvalue weighted by molar-refractivity contribution is 9.10. The Balaban J connectivity index is 1.89. The maximum absolute atomic E-state index is 12.3. The Morgan fingerprint density at radius 2 is 2.00 bits per heavy atom. The van der Waals surface area contributed by atoms with Gasteiger partial charge in [-0.3, -0.25) is 9.11 Å². The number of hydrogen-bond donors (Lipinski definition) is 1. The predicted molar refractivity (Wildman–Crippen MR) is 83.8 cm³/mol. The third-order valence-electron chi connectivity index (χ3n) is 3.41. The van der Waals surface area contributed by atoms with Crippen molar-refractivity contribution in [1.82, 2.24) is 9.80 Å². The van der Waals surface area contributed by atoms with Crippen molar-refractivity contribution in [2.45, 2.75) is 4.90 Å². The van der Waals surface area contributed by atoms with Crippen molar-refractivity contribution in [3.05, 3.63) is 22.7 Å². The largest absolute Gasteiger partial charge is 0.398 e. The zero-order valence-corrected chi connectivity index (χ0v) is 13.5. The van der Waals surface area contributed by atoms with Crippen LogP contribution in [0.5, 0.6) is 0 Å². The van der Waals surface area contributed by atoms with Gasteiger partial charge in [-0.15, -0.1) is 0 Å². The third kappa shape index (κ3) is 4.27. The number of nitrogens with zero attached hydrogens (tertiary/aromatic N) is 2. The number of likely N-dealkylation sites (N-methyl/N-ethyl adjacent to an activating group) is 1. The predicted octanol–water partition coefficient (Wildman–Crippen LogP) is 1.39. The summed E-state index contributed by atoms with van der Waals surface area (Å²) in [5.74, 6) is 0.643. The molecule has 1 fully saturated rings. The molecule has 19 heavy (non-hydrogen) atoms. The molecule has 4 nitrogen and oxygen atoms in total. The summed E-state index contributed by atoms with van der Waals surface area (Å²) in [6.07, 6.45) is 0. The fourth-order valence-corrected chi connectivity index (χ4v) is 3.84. The van der Waals surface area contributed by atoms with E-state index in [1.165, 1.54) is 0 Å². The number of halogens is 1. The van der Waals surface area contributed by atoms with E-state index in [-0.39, 0.29) is 0 Å². The summed E-state index contributed by atoms with van der Waals surface area (Å²) < 4.78 is 13.2. The molecule has 6 heteroatoms. The van der Waals surface area contributed by atoms with E-state index in [2.05, 4.69) is 32.8 Å². The Morgan fingerprint density at radius 1 is 1.32 bits per heavy atom. The van der Waals surface area contributed by atoms with Gasteiger partial charge in [-0.05, 0) is 25.2 Å². The van der Waals surface area contributed by atoms with Gasteiger partial charge in [0.1, 0.15) is 0 Å². The van der Waals surface area contributed by atoms with Crippen LogP contribution in [0.3, 0.4) is 0 Å². The minimum atomic E-state index is -1.03. The average Bonchev–Trinajstić information content (AvgIpc) is 2.40. The molecule has 2 rings (SSSR count). The fourth-order valence-electron chi connectivity index (χ4n) is 2.10. The summed E-state index contributed by atoms with van der Waals surface area (Å²) in [4.78, 5) is 5.43. The van der Waals surface area contributed by atoms with Gasteiger partial charge in [-0.1, -0.05) is 15.9 Å². The van der Waals surface area contributed by atoms with Crippen molar-refractivity contribution < 1.29 is 4.21 Å². The number of benzene rings is 1. The van der Waals surface area contributed by atoms with Crippen LogP contribution in [-0.4, -0.2) is 59.5 Å². The maximum atomic E-state index is 12.3. The lowest BCUT2D eigenvalue weighted by Gasteiger charge is -2.32. The lowest BCUT2D eigenvalue weighted by atomic mass is 10.3. The summed E-state index contributed by atoms with van der Waals surface area (Å²) in [7, 11) is 1.11. The smallest absolute Gasteiger partial charge is 0.0629 e. The molecule has 1 aliphatic heterocycles. The van der Waals surface area contributed by atoms with Gasteiger partial charge >= 0.3 is 0 Å². The molecule has 0 amide bonds. The van der Waals surface area contributed by atoms with Crippen LogP contribution in [0.2, 0.25) is 0 Å². The Labute approximate surface area is 125 Å². The van der Waals surface area contributed by atoms with Gasteiger partial charge in [0.05, 0.1) is 15.7 Å². The molecule has 0 radical (unpaired) electrons. The normalized spacial score (nSPS) is 19.5. The molecule has 1 aliphatic rings. The minimum absolute atomic E-state index is 0.611. The SMILES string of the molecule is CN1CCN(CCS(=O)c2cc(Br)ccc2N)CC1. The average molecular weight is 346 g/mol. The lowest BCUT2D eigenvalue weighted by Crippen LogP contribution is -2.45. The highest BCUT2D eigenvalue weighted by Gasteiger charge is 2.15. The van der Waals surface area contributed by atoms with Crippen molar-refractivity contribution in [3.8, 4) is 0 Å². The van der Waals surface area contributed by atoms with E-state index in [9.17, 15) is 4.21 Å². The lowest BCUT2D eigenvalue weighted by molar-refractivity contribution is 0.161. The van der Waals surface area contributed by atoms with Crippen molar-refractivity contribution in [3.63, 3.8) is 0 Å². The molecule has 1 saturated heterocycles. The molecular weight excluding hydrogens is 326 g/mol. The summed E-state index contributed by atoms with van der Waals surface area (Å²) >= 11 is 3.39. The number of rotatable bonds is 4. The Kier molecular flexibility index (Phi) is 5.38. The van der Waals surface area contributed by atoms with Crippen LogP contribution in [0, 0.1) is 0 Å². The molecule has 1 heterocycles. The Bertz CT molecular complexity index is 461. The highest BCUT2D eigenvalue weighted by atomic mass is 79.9. The van der Waals surface area contributed by atoms with Gasteiger partial charge in [0.15, 0.2) is 0 Å². The van der Waals surface area contributed by atoms with Crippen molar-refractivity contribution in [1.29, 1.82) is 0 Å². The van der Waals surface area contributed by atoms with Gasteiger partial charge < -0.3 is 10.6 Å². The first kappa shape index (κ1) is 15.0. The van der Waals surface area contributed by atoms with E-state index >= 15 is 0 Å². The molecule has 106 valence electrons. The number of nitrogens with two attached hydrogens (primary N) is 1. The Hall–Kier alpha value is -0.430. The summed E-state index contributed by atoms with van der Waals surface area (Å²) in [6.45, 7) is 5.16. The van der Waals surface area contributed by atoms with Crippen LogP contribution in [0.15, 0.2) is 27.6 Å². The van der Waals surface area contributed by atoms with Crippen molar-refractivity contribution in [2.24, 2.45) is 0 Å². The van der Waals surface area contributed by atoms with E-state index in [1.807, 2.05) is 12.1 Å². The van der Waals surface area contributed by atoms with Crippen LogP contribution in [-0.2, 0) is 10.8 Å². The first-order valence-electron chi connectivity index (χ1n) is 6.40. The van der Waals surface area contributed by atoms with Crippen molar-refractivity contribution in [2.75, 3.05) is 51.3 Å². The second-order valence-corrected chi connectivity index (χ2v) is 7.33. The molecule has 1 aromatic carbocycles. The van der Waals surface area contributed by atoms with Crippen LogP contribution in [0.4, 0.5) is 5.69 Å². The fraction of sp³-hybridized carbons (Fsp3) is 0.538. The first-order valence-corrected chi connectivity index (χ1v) is 8.52. The van der Waals surface area contributed by atoms with Crippen LogP contribution in [0.25, 0.3) is 0 Å². The molecule has 1 atom stereocenters. The molecule has 0 aliphatic carbocycles. The highest BCUT2D eigenvalue weighted by Crippen LogP contribution is 2.21. The van der Waals surface area contributed by atoms with Crippen LogP contribution in [0.1, 0.15) is 0 Å². The zero-order chi connectivity index (χ0) is 13.8. The van der Waals surface area contributed by atoms with Gasteiger partial charge in [0.25, 0.3) is 0 Å². The number of hydrogen-bond acceptors (Lipinski definition) is 4. The molecule has 0 bridgehead atoms. The molecule has 0 aromatic heterocycles. The number of piperazine rings is 1. The van der Waals surface area contributed by atoms with Crippen molar-refractivity contribution >= 4 is 32.4 Å². The summed E-state index contributed by atoms with van der Waals surface area (Å²) in [6, 6.07) is 5.53. The van der Waals surface area contributed by atoms with E-state index in [1.54, 1.807) is 6.07 Å². The zero-order valence-electron chi connectivity index (χ0n) is 11.1. The van der Waals surface area contributed by atoms with Gasteiger partial charge in [0, 0.05) is 48.6 Å². The van der Waals surface area contributed by atoms with Crippen LogP contribution < -0.4 is 5.73 Å². The Morgan fingerprint density at radius 3 is 2.68 bits per heavy atom. The number of nitrogen functional groups attached to an aromatic ring is 1. The van der Waals surface area contributed by atoms with E-state index in [4.69, 9.17) is 5.73 Å². The monoisotopic (exact) mass is 345 g/mol. The minimum Gasteiger partial charge on any atom is -0.398 e. The van der Waals surface area contributed by atoms with E-state index in [0.717, 1.165) is 42.1 Å². The van der Waals surface area contributed by atoms with Gasteiger partial charge in [-0.25, -0.2) is 0 Å². The van der Waals surface area contributed by atoms with Gasteiger partial charge in [-0.2, -0.15) is 0 Å². The molecule has 0 saturated carbocycles. The quantitative estimate of drug-likeness (QED) is 0.837. The standard InChI is InChI=1S/C13H20BrN3OS/c1-16-4-6-17(7-5-16)8-9-19(18)13-10-11(14)2-3-12(13)15/h2-3,10H,4-9,15H2,1H3. The topological polar surface area (TPSA) is 49.6 Å². The maximum Gasteiger partial charge on any atom is 0.0629 e. The molecule has 2 N–H and O–H groups in total. The second kappa shape index (κ2) is 6.83. The molecule has 1 aromatic rings. The van der Waals surface area contributed by atoms with E-state index in [0.29, 0.717) is 11.4 Å².